The van der Waals surface area contributed by atoms with Crippen LogP contribution in [0.25, 0.3) is 0 Å². The van der Waals surface area contributed by atoms with E-state index in [-0.39, 0.29) is 6.61 Å². The summed E-state index contributed by atoms with van der Waals surface area (Å²) in [5.41, 5.74) is 6.11. The van der Waals surface area contributed by atoms with Gasteiger partial charge < -0.3 is 16.2 Å². The first kappa shape index (κ1) is 10.8. The summed E-state index contributed by atoms with van der Waals surface area (Å²) < 4.78 is 0. The zero-order chi connectivity index (χ0) is 10.6. The van der Waals surface area contributed by atoms with Gasteiger partial charge in [0.2, 0.25) is 5.91 Å². The largest absolute Gasteiger partial charge is 0.395 e. The van der Waals surface area contributed by atoms with Gasteiger partial charge in [-0.1, -0.05) is 11.6 Å². The van der Waals surface area contributed by atoms with Crippen molar-refractivity contribution in [3.8, 4) is 0 Å². The van der Waals surface area contributed by atoms with Gasteiger partial charge in [-0.15, -0.1) is 0 Å². The quantitative estimate of drug-likeness (QED) is 0.696. The van der Waals surface area contributed by atoms with Crippen LogP contribution in [0.5, 0.6) is 0 Å². The number of rotatable bonds is 4. The van der Waals surface area contributed by atoms with E-state index in [4.69, 9.17) is 22.4 Å². The molecule has 4 N–H and O–H groups in total. The third-order valence-electron chi connectivity index (χ3n) is 1.68. The minimum atomic E-state index is -0.513. The molecule has 0 atom stereocenters. The molecule has 0 saturated heterocycles. The van der Waals surface area contributed by atoms with Gasteiger partial charge in [-0.3, -0.25) is 4.79 Å². The van der Waals surface area contributed by atoms with E-state index in [1.54, 1.807) is 12.1 Å². The van der Waals surface area contributed by atoms with Gasteiger partial charge in [-0.25, -0.2) is 0 Å². The normalized spacial score (nSPS) is 9.86. The maximum Gasteiger partial charge on any atom is 0.248 e. The van der Waals surface area contributed by atoms with E-state index >= 15 is 0 Å². The molecule has 0 saturated carbocycles. The number of amides is 1. The molecule has 1 rings (SSSR count). The Hall–Kier alpha value is -1.26. The summed E-state index contributed by atoms with van der Waals surface area (Å²) in [6.45, 7) is 0.434. The van der Waals surface area contributed by atoms with Gasteiger partial charge in [-0.05, 0) is 18.2 Å². The molecule has 0 bridgehead atoms. The molecule has 0 heterocycles. The number of primary amides is 1. The summed E-state index contributed by atoms with van der Waals surface area (Å²) in [7, 11) is 0. The van der Waals surface area contributed by atoms with E-state index in [1.165, 1.54) is 6.07 Å². The van der Waals surface area contributed by atoms with Gasteiger partial charge in [0.1, 0.15) is 0 Å². The second-order valence-electron chi connectivity index (χ2n) is 2.71. The smallest absolute Gasteiger partial charge is 0.248 e. The van der Waals surface area contributed by atoms with E-state index < -0.39 is 5.91 Å². The topological polar surface area (TPSA) is 75.4 Å². The highest BCUT2D eigenvalue weighted by Gasteiger charge is 2.04. The van der Waals surface area contributed by atoms with Crippen molar-refractivity contribution in [3.05, 3.63) is 28.8 Å². The Labute approximate surface area is 86.7 Å². The zero-order valence-corrected chi connectivity index (χ0v) is 8.21. The number of aliphatic hydroxyl groups is 1. The fourth-order valence-corrected chi connectivity index (χ4v) is 1.25. The lowest BCUT2D eigenvalue weighted by molar-refractivity contribution is 0.100. The van der Waals surface area contributed by atoms with Crippen molar-refractivity contribution in [2.75, 3.05) is 18.5 Å². The summed E-state index contributed by atoms with van der Waals surface area (Å²) in [6.07, 6.45) is 0. The number of carbonyl (C=O) groups is 1. The van der Waals surface area contributed by atoms with Gasteiger partial charge in [0.15, 0.2) is 0 Å². The summed E-state index contributed by atoms with van der Waals surface area (Å²) in [4.78, 5) is 10.8. The Balaban J connectivity index is 2.84. The Morgan fingerprint density at radius 3 is 2.79 bits per heavy atom. The molecule has 1 aromatic rings. The standard InChI is InChI=1S/C9H11ClN2O2/c10-7-5-6(9(11)14)1-2-8(7)12-3-4-13/h1-2,5,12-13H,3-4H2,(H2,11,14). The Morgan fingerprint density at radius 1 is 1.57 bits per heavy atom. The molecule has 0 aliphatic rings. The van der Waals surface area contributed by atoms with Crippen LogP contribution in [0.1, 0.15) is 10.4 Å². The average Bonchev–Trinajstić information content (AvgIpc) is 2.15. The van der Waals surface area contributed by atoms with E-state index in [9.17, 15) is 4.79 Å². The van der Waals surface area contributed by atoms with Crippen LogP contribution in [0, 0.1) is 0 Å². The lowest BCUT2D eigenvalue weighted by atomic mass is 10.2. The minimum Gasteiger partial charge on any atom is -0.395 e. The number of anilines is 1. The molecule has 1 aromatic carbocycles. The van der Waals surface area contributed by atoms with Crippen LogP contribution in [-0.4, -0.2) is 24.2 Å². The Kier molecular flexibility index (Phi) is 3.73. The molecule has 1 amide bonds. The summed E-state index contributed by atoms with van der Waals surface area (Å²) in [6, 6.07) is 4.72. The maximum atomic E-state index is 10.8. The van der Waals surface area contributed by atoms with Crippen LogP contribution >= 0.6 is 11.6 Å². The molecule has 0 unspecified atom stereocenters. The molecule has 0 aromatic heterocycles. The molecular formula is C9H11ClN2O2. The second kappa shape index (κ2) is 4.83. The van der Waals surface area contributed by atoms with Crippen molar-refractivity contribution in [2.24, 2.45) is 5.73 Å². The van der Waals surface area contributed by atoms with Gasteiger partial charge in [-0.2, -0.15) is 0 Å². The molecule has 0 fully saturated rings. The van der Waals surface area contributed by atoms with Crippen LogP contribution in [-0.2, 0) is 0 Å². The van der Waals surface area contributed by atoms with Crippen LogP contribution in [0.4, 0.5) is 5.69 Å². The van der Waals surface area contributed by atoms with Crippen molar-refractivity contribution in [1.29, 1.82) is 0 Å². The van der Waals surface area contributed by atoms with Crippen LogP contribution < -0.4 is 11.1 Å². The fraction of sp³-hybridized carbons (Fsp3) is 0.222. The number of hydrogen-bond acceptors (Lipinski definition) is 3. The van der Waals surface area contributed by atoms with Crippen LogP contribution in [0.2, 0.25) is 5.02 Å². The molecule has 76 valence electrons. The number of benzene rings is 1. The average molecular weight is 215 g/mol. The number of halogens is 1. The number of hydrogen-bond donors (Lipinski definition) is 3. The molecule has 0 aliphatic carbocycles. The summed E-state index contributed by atoms with van der Waals surface area (Å²) >= 11 is 5.86. The third-order valence-corrected chi connectivity index (χ3v) is 1.99. The molecule has 5 heteroatoms. The van der Waals surface area contributed by atoms with E-state index in [0.717, 1.165) is 0 Å². The number of aliphatic hydroxyl groups excluding tert-OH is 1. The number of nitrogens with two attached hydrogens (primary N) is 1. The summed E-state index contributed by atoms with van der Waals surface area (Å²) in [5, 5.41) is 11.9. The monoisotopic (exact) mass is 214 g/mol. The maximum absolute atomic E-state index is 10.8. The van der Waals surface area contributed by atoms with Crippen molar-refractivity contribution >= 4 is 23.2 Å². The highest BCUT2D eigenvalue weighted by Crippen LogP contribution is 2.22. The van der Waals surface area contributed by atoms with Gasteiger partial charge in [0.25, 0.3) is 0 Å². The van der Waals surface area contributed by atoms with Gasteiger partial charge >= 0.3 is 0 Å². The Morgan fingerprint density at radius 2 is 2.29 bits per heavy atom. The Bertz CT molecular complexity index is 342. The predicted octanol–water partition coefficient (Wildman–Crippen LogP) is 0.843. The lowest BCUT2D eigenvalue weighted by Gasteiger charge is -2.07. The van der Waals surface area contributed by atoms with Crippen molar-refractivity contribution in [3.63, 3.8) is 0 Å². The van der Waals surface area contributed by atoms with Crippen LogP contribution in [0.15, 0.2) is 18.2 Å². The first-order chi connectivity index (χ1) is 6.65. The van der Waals surface area contributed by atoms with Gasteiger partial charge in [0, 0.05) is 12.1 Å². The molecule has 0 radical (unpaired) electrons. The highest BCUT2D eigenvalue weighted by molar-refractivity contribution is 6.33. The fourth-order valence-electron chi connectivity index (χ4n) is 1.00. The molecule has 0 aliphatic heterocycles. The SMILES string of the molecule is NC(=O)c1ccc(NCCO)c(Cl)c1. The van der Waals surface area contributed by atoms with E-state index in [1.807, 2.05) is 0 Å². The lowest BCUT2D eigenvalue weighted by Crippen LogP contribution is -2.11. The summed E-state index contributed by atoms with van der Waals surface area (Å²) in [5.74, 6) is -0.513. The molecule has 4 nitrogen and oxygen atoms in total. The third kappa shape index (κ3) is 2.61. The highest BCUT2D eigenvalue weighted by atomic mass is 35.5. The first-order valence-electron chi connectivity index (χ1n) is 4.09. The number of nitrogens with one attached hydrogen (secondary N) is 1. The van der Waals surface area contributed by atoms with Crippen molar-refractivity contribution < 1.29 is 9.90 Å². The van der Waals surface area contributed by atoms with Crippen molar-refractivity contribution in [2.45, 2.75) is 0 Å². The molecule has 0 spiro atoms. The van der Waals surface area contributed by atoms with Gasteiger partial charge in [0.05, 0.1) is 17.3 Å². The number of carbonyl (C=O) groups excluding carboxylic acids is 1. The predicted molar refractivity (Wildman–Crippen MR) is 55.5 cm³/mol. The molecule has 14 heavy (non-hydrogen) atoms. The van der Waals surface area contributed by atoms with Crippen molar-refractivity contribution in [1.82, 2.24) is 0 Å². The van der Waals surface area contributed by atoms with Crippen LogP contribution in [0.3, 0.4) is 0 Å². The zero-order valence-electron chi connectivity index (χ0n) is 7.46. The second-order valence-corrected chi connectivity index (χ2v) is 3.12. The van der Waals surface area contributed by atoms with E-state index in [2.05, 4.69) is 5.32 Å². The van der Waals surface area contributed by atoms with E-state index in [0.29, 0.717) is 22.8 Å². The minimum absolute atomic E-state index is 0.0217. The molecular weight excluding hydrogens is 204 g/mol. The first-order valence-corrected chi connectivity index (χ1v) is 4.47.